The van der Waals surface area contributed by atoms with E-state index in [9.17, 15) is 39.5 Å². The zero-order chi connectivity index (χ0) is 28.9. The SMILES string of the molecule is Cc1c(C(=O)N(N[C@@H](C)C(=O)O)C(=O)c2ccc(C(=O)NCc3cccc(O)c3)cc2Cl)cccc1[N+](=O)[O-]. The molecule has 0 saturated carbocycles. The van der Waals surface area contributed by atoms with Crippen LogP contribution in [0.3, 0.4) is 0 Å². The number of imide groups is 1. The zero-order valence-electron chi connectivity index (χ0n) is 20.7. The number of rotatable bonds is 9. The molecule has 3 amide bonds. The Bertz CT molecular complexity index is 1480. The molecule has 0 aromatic heterocycles. The topological polar surface area (TPSA) is 179 Å². The summed E-state index contributed by atoms with van der Waals surface area (Å²) < 4.78 is 0. The molecule has 12 nitrogen and oxygen atoms in total. The Balaban J connectivity index is 1.90. The number of aliphatic carboxylic acids is 1. The summed E-state index contributed by atoms with van der Waals surface area (Å²) in [4.78, 5) is 61.4. The molecule has 3 aromatic carbocycles. The maximum Gasteiger partial charge on any atom is 0.322 e. The Morgan fingerprint density at radius 2 is 1.69 bits per heavy atom. The predicted molar refractivity (Wildman–Crippen MR) is 139 cm³/mol. The van der Waals surface area contributed by atoms with Crippen molar-refractivity contribution in [3.63, 3.8) is 0 Å². The van der Waals surface area contributed by atoms with Crippen molar-refractivity contribution in [1.82, 2.24) is 15.8 Å². The largest absolute Gasteiger partial charge is 0.508 e. The Morgan fingerprint density at radius 3 is 2.31 bits per heavy atom. The maximum absolute atomic E-state index is 13.4. The van der Waals surface area contributed by atoms with Crippen LogP contribution >= 0.6 is 11.6 Å². The first-order valence-corrected chi connectivity index (χ1v) is 11.8. The van der Waals surface area contributed by atoms with Crippen LogP contribution in [-0.2, 0) is 11.3 Å². The van der Waals surface area contributed by atoms with Gasteiger partial charge in [0.25, 0.3) is 23.4 Å². The van der Waals surface area contributed by atoms with Crippen molar-refractivity contribution in [2.45, 2.75) is 26.4 Å². The van der Waals surface area contributed by atoms with Gasteiger partial charge in [0.05, 0.1) is 21.1 Å². The molecule has 202 valence electrons. The normalized spacial score (nSPS) is 11.4. The van der Waals surface area contributed by atoms with Gasteiger partial charge in [0.2, 0.25) is 0 Å². The summed E-state index contributed by atoms with van der Waals surface area (Å²) in [5.41, 5.74) is 2.21. The van der Waals surface area contributed by atoms with Crippen LogP contribution in [0.5, 0.6) is 5.75 Å². The molecule has 0 aliphatic heterocycles. The molecule has 0 unspecified atom stereocenters. The average Bonchev–Trinajstić information content (AvgIpc) is 2.89. The third-order valence-electron chi connectivity index (χ3n) is 5.66. The third-order valence-corrected chi connectivity index (χ3v) is 5.97. The lowest BCUT2D eigenvalue weighted by Crippen LogP contribution is -2.53. The number of aromatic hydroxyl groups is 1. The van der Waals surface area contributed by atoms with Crippen molar-refractivity contribution in [2.24, 2.45) is 0 Å². The average molecular weight is 555 g/mol. The highest BCUT2D eigenvalue weighted by Crippen LogP contribution is 2.25. The number of carboxylic acids is 1. The fraction of sp³-hybridized carbons (Fsp3) is 0.154. The van der Waals surface area contributed by atoms with Crippen LogP contribution in [0.1, 0.15) is 49.1 Å². The van der Waals surface area contributed by atoms with Crippen molar-refractivity contribution >= 4 is 41.0 Å². The van der Waals surface area contributed by atoms with E-state index in [-0.39, 0.29) is 45.3 Å². The van der Waals surface area contributed by atoms with Crippen molar-refractivity contribution < 1.29 is 34.3 Å². The molecule has 3 aromatic rings. The van der Waals surface area contributed by atoms with Crippen LogP contribution < -0.4 is 10.7 Å². The van der Waals surface area contributed by atoms with Gasteiger partial charge < -0.3 is 15.5 Å². The monoisotopic (exact) mass is 554 g/mol. The van der Waals surface area contributed by atoms with Gasteiger partial charge >= 0.3 is 5.97 Å². The van der Waals surface area contributed by atoms with Gasteiger partial charge in [0.1, 0.15) is 11.8 Å². The molecule has 3 rings (SSSR count). The van der Waals surface area contributed by atoms with E-state index in [1.165, 1.54) is 62.4 Å². The molecule has 0 fully saturated rings. The molecule has 1 atom stereocenters. The van der Waals surface area contributed by atoms with Crippen LogP contribution in [0.15, 0.2) is 60.7 Å². The second kappa shape index (κ2) is 12.2. The number of halogens is 1. The lowest BCUT2D eigenvalue weighted by Gasteiger charge is -2.25. The van der Waals surface area contributed by atoms with Gasteiger partial charge in [0, 0.05) is 23.7 Å². The van der Waals surface area contributed by atoms with E-state index >= 15 is 0 Å². The zero-order valence-corrected chi connectivity index (χ0v) is 21.4. The van der Waals surface area contributed by atoms with Crippen LogP contribution in [0.4, 0.5) is 5.69 Å². The van der Waals surface area contributed by atoms with Crippen molar-refractivity contribution in [1.29, 1.82) is 0 Å². The van der Waals surface area contributed by atoms with E-state index in [0.717, 1.165) is 0 Å². The number of phenolic OH excluding ortho intramolecular Hbond substituents is 1. The van der Waals surface area contributed by atoms with Crippen LogP contribution in [0.25, 0.3) is 0 Å². The minimum atomic E-state index is -1.40. The Kier molecular flexibility index (Phi) is 8.96. The standard InChI is InChI=1S/C26H23ClN4O8/c1-14-19(7-4-8-22(14)31(38)39)24(34)30(29-15(2)26(36)37)25(35)20-10-9-17(12-21(20)27)23(33)28-13-16-5-3-6-18(32)11-16/h3-12,15,29,32H,13H2,1-2H3,(H,28,33)(H,36,37)/t15-/m0/s1. The molecule has 0 bridgehead atoms. The number of hydrogen-bond donors (Lipinski definition) is 4. The van der Waals surface area contributed by atoms with Crippen LogP contribution in [0, 0.1) is 17.0 Å². The Morgan fingerprint density at radius 1 is 1.03 bits per heavy atom. The van der Waals surface area contributed by atoms with Gasteiger partial charge in [-0.25, -0.2) is 10.4 Å². The van der Waals surface area contributed by atoms with Gasteiger partial charge in [0.15, 0.2) is 0 Å². The summed E-state index contributed by atoms with van der Waals surface area (Å²) in [5, 5.41) is 33.1. The number of carbonyl (C=O) groups is 4. The second-order valence-corrected chi connectivity index (χ2v) is 8.80. The number of nitro benzene ring substituents is 1. The number of nitro groups is 1. The second-order valence-electron chi connectivity index (χ2n) is 8.39. The molecule has 39 heavy (non-hydrogen) atoms. The van der Waals surface area contributed by atoms with Gasteiger partial charge in [-0.2, -0.15) is 0 Å². The Hall–Kier alpha value is -4.81. The summed E-state index contributed by atoms with van der Waals surface area (Å²) in [7, 11) is 0. The summed E-state index contributed by atoms with van der Waals surface area (Å²) in [6.07, 6.45) is 0. The van der Waals surface area contributed by atoms with Gasteiger partial charge in [-0.1, -0.05) is 29.8 Å². The van der Waals surface area contributed by atoms with Crippen molar-refractivity contribution in [2.75, 3.05) is 0 Å². The number of amides is 3. The van der Waals surface area contributed by atoms with Gasteiger partial charge in [-0.15, -0.1) is 0 Å². The summed E-state index contributed by atoms with van der Waals surface area (Å²) in [6.45, 7) is 2.62. The third kappa shape index (κ3) is 6.74. The molecule has 0 radical (unpaired) electrons. The molecule has 0 heterocycles. The Labute approximate surface area is 226 Å². The fourth-order valence-corrected chi connectivity index (χ4v) is 3.79. The van der Waals surface area contributed by atoms with E-state index in [0.29, 0.717) is 10.6 Å². The quantitative estimate of drug-likeness (QED) is 0.175. The van der Waals surface area contributed by atoms with E-state index in [2.05, 4.69) is 10.7 Å². The molecule has 0 saturated heterocycles. The van der Waals surface area contributed by atoms with E-state index in [4.69, 9.17) is 11.6 Å². The lowest BCUT2D eigenvalue weighted by molar-refractivity contribution is -0.385. The molecular formula is C26H23ClN4O8. The number of benzene rings is 3. The van der Waals surface area contributed by atoms with Crippen LogP contribution in [-0.4, -0.2) is 49.9 Å². The van der Waals surface area contributed by atoms with E-state index in [1.807, 2.05) is 0 Å². The molecule has 0 spiro atoms. The molecular weight excluding hydrogens is 532 g/mol. The number of carboxylic acid groups (broad SMARTS) is 1. The first kappa shape index (κ1) is 28.8. The van der Waals surface area contributed by atoms with Gasteiger partial charge in [-0.3, -0.25) is 29.3 Å². The van der Waals surface area contributed by atoms with Crippen molar-refractivity contribution in [3.05, 3.63) is 104 Å². The summed E-state index contributed by atoms with van der Waals surface area (Å²) in [5.74, 6) is -3.95. The molecule has 4 N–H and O–H groups in total. The highest BCUT2D eigenvalue weighted by Gasteiger charge is 2.31. The van der Waals surface area contributed by atoms with Crippen LogP contribution in [0.2, 0.25) is 5.02 Å². The molecule has 0 aliphatic rings. The highest BCUT2D eigenvalue weighted by atomic mass is 35.5. The number of phenols is 1. The van der Waals surface area contributed by atoms with E-state index < -0.39 is 34.7 Å². The lowest BCUT2D eigenvalue weighted by atomic mass is 10.1. The summed E-state index contributed by atoms with van der Waals surface area (Å²) >= 11 is 6.29. The molecule has 0 aliphatic carbocycles. The minimum absolute atomic E-state index is 0.0278. The number of nitrogens with one attached hydrogen (secondary N) is 2. The minimum Gasteiger partial charge on any atom is -0.508 e. The number of carbonyl (C=O) groups excluding carboxylic acids is 3. The van der Waals surface area contributed by atoms with E-state index in [1.54, 1.807) is 12.1 Å². The number of nitrogens with zero attached hydrogens (tertiary/aromatic N) is 2. The number of hydrazine groups is 1. The first-order chi connectivity index (χ1) is 18.4. The maximum atomic E-state index is 13.4. The highest BCUT2D eigenvalue weighted by molar-refractivity contribution is 6.34. The smallest absolute Gasteiger partial charge is 0.322 e. The van der Waals surface area contributed by atoms with Crippen molar-refractivity contribution in [3.8, 4) is 5.75 Å². The first-order valence-electron chi connectivity index (χ1n) is 11.4. The predicted octanol–water partition coefficient (Wildman–Crippen LogP) is 3.45. The van der Waals surface area contributed by atoms with Gasteiger partial charge in [-0.05, 0) is 55.8 Å². The molecule has 13 heteroatoms. The fourth-order valence-electron chi connectivity index (χ4n) is 3.53. The number of hydrogen-bond acceptors (Lipinski definition) is 8. The summed E-state index contributed by atoms with van der Waals surface area (Å²) in [6, 6.07) is 12.3.